The number of hydrogen-bond donors (Lipinski definition) is 0. The lowest BCUT2D eigenvalue weighted by molar-refractivity contribution is 0.694. The molecular weight excluding hydrogens is 248 g/mol. The van der Waals surface area contributed by atoms with Gasteiger partial charge in [-0.1, -0.05) is 0 Å². The molecule has 92 valence electrons. The van der Waals surface area contributed by atoms with E-state index in [4.69, 9.17) is 0 Å². The Morgan fingerprint density at radius 1 is 1.39 bits per heavy atom. The van der Waals surface area contributed by atoms with Gasteiger partial charge in [-0.05, 0) is 17.9 Å². The van der Waals surface area contributed by atoms with Crippen molar-refractivity contribution in [3.8, 4) is 0 Å². The Balaban J connectivity index is 2.11. The molecule has 0 saturated carbocycles. The highest BCUT2D eigenvalue weighted by molar-refractivity contribution is 7.17. The Bertz CT molecular complexity index is 768. The first-order chi connectivity index (χ1) is 8.66. The normalized spacial score (nSPS) is 11.2. The summed E-state index contributed by atoms with van der Waals surface area (Å²) in [5, 5.41) is 1.97. The van der Waals surface area contributed by atoms with Gasteiger partial charge in [0, 0.05) is 13.2 Å². The fourth-order valence-corrected chi connectivity index (χ4v) is 2.83. The maximum atomic E-state index is 12.3. The van der Waals surface area contributed by atoms with Crippen molar-refractivity contribution in [1.82, 2.24) is 19.1 Å². The minimum Gasteiger partial charge on any atom is -0.336 e. The van der Waals surface area contributed by atoms with Gasteiger partial charge in [0.05, 0.1) is 30.4 Å². The maximum absolute atomic E-state index is 12.3. The third-order valence-corrected chi connectivity index (χ3v) is 4.05. The number of aromatic nitrogens is 4. The summed E-state index contributed by atoms with van der Waals surface area (Å²) in [6.07, 6.45) is 5.09. The second kappa shape index (κ2) is 4.06. The van der Waals surface area contributed by atoms with Crippen molar-refractivity contribution >= 4 is 21.6 Å². The molecule has 3 rings (SSSR count). The van der Waals surface area contributed by atoms with Gasteiger partial charge >= 0.3 is 0 Å². The van der Waals surface area contributed by atoms with Crippen LogP contribution in [-0.2, 0) is 13.6 Å². The fraction of sp³-hybridized carbons (Fsp3) is 0.250. The van der Waals surface area contributed by atoms with E-state index in [1.165, 1.54) is 11.3 Å². The van der Waals surface area contributed by atoms with Crippen molar-refractivity contribution < 1.29 is 0 Å². The molecule has 0 radical (unpaired) electrons. The summed E-state index contributed by atoms with van der Waals surface area (Å²) in [6.45, 7) is 2.46. The van der Waals surface area contributed by atoms with E-state index >= 15 is 0 Å². The number of rotatable bonds is 2. The summed E-state index contributed by atoms with van der Waals surface area (Å²) in [4.78, 5) is 20.7. The van der Waals surface area contributed by atoms with E-state index in [1.54, 1.807) is 23.4 Å². The number of aryl methyl sites for hydroxylation is 2. The highest BCUT2D eigenvalue weighted by Gasteiger charge is 2.09. The maximum Gasteiger partial charge on any atom is 0.271 e. The molecule has 0 aliphatic rings. The third-order valence-electron chi connectivity index (χ3n) is 2.97. The average molecular weight is 260 g/mol. The van der Waals surface area contributed by atoms with Crippen LogP contribution in [0.1, 0.15) is 11.3 Å². The Morgan fingerprint density at radius 3 is 2.94 bits per heavy atom. The molecule has 5 nitrogen and oxygen atoms in total. The van der Waals surface area contributed by atoms with E-state index in [0.29, 0.717) is 6.54 Å². The second-order valence-corrected chi connectivity index (χ2v) is 5.15. The van der Waals surface area contributed by atoms with Crippen LogP contribution in [0.5, 0.6) is 0 Å². The van der Waals surface area contributed by atoms with E-state index in [-0.39, 0.29) is 5.56 Å². The molecule has 6 heteroatoms. The zero-order chi connectivity index (χ0) is 12.7. The average Bonchev–Trinajstić information content (AvgIpc) is 2.91. The van der Waals surface area contributed by atoms with Gasteiger partial charge in [0.15, 0.2) is 0 Å². The van der Waals surface area contributed by atoms with E-state index in [2.05, 4.69) is 9.97 Å². The van der Waals surface area contributed by atoms with Gasteiger partial charge in [-0.3, -0.25) is 9.36 Å². The first-order valence-corrected chi connectivity index (χ1v) is 6.43. The largest absolute Gasteiger partial charge is 0.336 e. The van der Waals surface area contributed by atoms with Crippen LogP contribution in [0.25, 0.3) is 10.2 Å². The van der Waals surface area contributed by atoms with Crippen molar-refractivity contribution in [3.05, 3.63) is 45.8 Å². The van der Waals surface area contributed by atoms with Gasteiger partial charge in [-0.2, -0.15) is 0 Å². The van der Waals surface area contributed by atoms with Crippen LogP contribution < -0.4 is 5.56 Å². The smallest absolute Gasteiger partial charge is 0.271 e. The Labute approximate surface area is 107 Å². The Morgan fingerprint density at radius 2 is 2.22 bits per heavy atom. The van der Waals surface area contributed by atoms with Crippen LogP contribution in [0.3, 0.4) is 0 Å². The van der Waals surface area contributed by atoms with Crippen molar-refractivity contribution in [2.45, 2.75) is 13.5 Å². The standard InChI is InChI=1S/C12H12N4OS/c1-8-5-18-11-10(8)14-7-16(12(11)17)4-9-3-13-6-15(9)2/h3,5-7H,4H2,1-2H3. The molecule has 0 fully saturated rings. The highest BCUT2D eigenvalue weighted by atomic mass is 32.1. The first-order valence-electron chi connectivity index (χ1n) is 5.55. The van der Waals surface area contributed by atoms with Crippen LogP contribution in [0, 0.1) is 6.92 Å². The lowest BCUT2D eigenvalue weighted by Crippen LogP contribution is -2.21. The third kappa shape index (κ3) is 1.65. The van der Waals surface area contributed by atoms with Crippen LogP contribution in [0.2, 0.25) is 0 Å². The number of fused-ring (bicyclic) bond motifs is 1. The first kappa shape index (κ1) is 11.2. The summed E-state index contributed by atoms with van der Waals surface area (Å²) < 4.78 is 4.24. The van der Waals surface area contributed by atoms with Crippen molar-refractivity contribution in [2.24, 2.45) is 7.05 Å². The zero-order valence-electron chi connectivity index (χ0n) is 10.1. The fourth-order valence-electron chi connectivity index (χ4n) is 1.88. The SMILES string of the molecule is Cc1csc2c(=O)n(Cc3cncn3C)cnc12. The highest BCUT2D eigenvalue weighted by Crippen LogP contribution is 2.19. The number of thiophene rings is 1. The Hall–Kier alpha value is -1.95. The molecule has 18 heavy (non-hydrogen) atoms. The van der Waals surface area contributed by atoms with Crippen LogP contribution >= 0.6 is 11.3 Å². The van der Waals surface area contributed by atoms with Crippen LogP contribution in [-0.4, -0.2) is 19.1 Å². The summed E-state index contributed by atoms with van der Waals surface area (Å²) in [7, 11) is 1.91. The molecule has 3 heterocycles. The molecule has 0 aliphatic carbocycles. The molecule has 0 aromatic carbocycles. The molecule has 0 aliphatic heterocycles. The molecule has 3 aromatic heterocycles. The molecule has 0 amide bonds. The van der Waals surface area contributed by atoms with Gasteiger partial charge in [-0.25, -0.2) is 9.97 Å². The van der Waals surface area contributed by atoms with Crippen LogP contribution in [0.4, 0.5) is 0 Å². The summed E-state index contributed by atoms with van der Waals surface area (Å²) in [6, 6.07) is 0. The summed E-state index contributed by atoms with van der Waals surface area (Å²) >= 11 is 1.45. The summed E-state index contributed by atoms with van der Waals surface area (Å²) in [5.41, 5.74) is 2.86. The van der Waals surface area contributed by atoms with Crippen molar-refractivity contribution in [2.75, 3.05) is 0 Å². The minimum absolute atomic E-state index is 0.0132. The van der Waals surface area contributed by atoms with Crippen molar-refractivity contribution in [3.63, 3.8) is 0 Å². The van der Waals surface area contributed by atoms with E-state index in [1.807, 2.05) is 23.9 Å². The molecule has 0 saturated heterocycles. The lowest BCUT2D eigenvalue weighted by atomic mass is 10.3. The molecular formula is C12H12N4OS. The second-order valence-electron chi connectivity index (χ2n) is 4.27. The van der Waals surface area contributed by atoms with Gasteiger partial charge < -0.3 is 4.57 Å². The zero-order valence-corrected chi connectivity index (χ0v) is 10.9. The quantitative estimate of drug-likeness (QED) is 0.702. The molecule has 0 bridgehead atoms. The van der Waals surface area contributed by atoms with Gasteiger partial charge in [-0.15, -0.1) is 11.3 Å². The van der Waals surface area contributed by atoms with E-state index < -0.39 is 0 Å². The lowest BCUT2D eigenvalue weighted by Gasteiger charge is -2.05. The Kier molecular flexibility index (Phi) is 2.52. The molecule has 0 N–H and O–H groups in total. The molecule has 0 unspecified atom stereocenters. The van der Waals surface area contributed by atoms with Crippen LogP contribution in [0.15, 0.2) is 29.0 Å². The van der Waals surface area contributed by atoms with Gasteiger partial charge in [0.2, 0.25) is 0 Å². The monoisotopic (exact) mass is 260 g/mol. The van der Waals surface area contributed by atoms with Gasteiger partial charge in [0.25, 0.3) is 5.56 Å². The minimum atomic E-state index is 0.0132. The molecule has 0 atom stereocenters. The van der Waals surface area contributed by atoms with Crippen molar-refractivity contribution in [1.29, 1.82) is 0 Å². The number of nitrogens with zero attached hydrogens (tertiary/aromatic N) is 4. The predicted molar refractivity (Wildman–Crippen MR) is 70.9 cm³/mol. The topological polar surface area (TPSA) is 52.7 Å². The number of hydrogen-bond acceptors (Lipinski definition) is 4. The molecule has 0 spiro atoms. The number of imidazole rings is 1. The predicted octanol–water partition coefficient (Wildman–Crippen LogP) is 1.55. The van der Waals surface area contributed by atoms with Gasteiger partial charge in [0.1, 0.15) is 4.70 Å². The van der Waals surface area contributed by atoms with E-state index in [9.17, 15) is 4.79 Å². The summed E-state index contributed by atoms with van der Waals surface area (Å²) in [5.74, 6) is 0. The molecule has 3 aromatic rings. The van der Waals surface area contributed by atoms with E-state index in [0.717, 1.165) is 21.5 Å².